The van der Waals surface area contributed by atoms with Gasteiger partial charge >= 0.3 is 5.97 Å². The fourth-order valence-electron chi connectivity index (χ4n) is 1.83. The van der Waals surface area contributed by atoms with Crippen molar-refractivity contribution in [1.82, 2.24) is 10.6 Å². The average molecular weight is 315 g/mol. The van der Waals surface area contributed by atoms with Gasteiger partial charge in [-0.3, -0.25) is 14.4 Å². The highest BCUT2D eigenvalue weighted by Crippen LogP contribution is 2.11. The zero-order valence-electron chi connectivity index (χ0n) is 14.1. The summed E-state index contributed by atoms with van der Waals surface area (Å²) in [4.78, 5) is 35.2. The second-order valence-electron chi connectivity index (χ2n) is 5.85. The number of hydrogen-bond acceptors (Lipinski definition) is 4. The Labute approximate surface area is 132 Å². The summed E-state index contributed by atoms with van der Waals surface area (Å²) in [5, 5.41) is 13.9. The van der Waals surface area contributed by atoms with E-state index >= 15 is 0 Å². The van der Waals surface area contributed by atoms with Crippen LogP contribution in [0.3, 0.4) is 0 Å². The molecule has 0 unspecified atom stereocenters. The molecule has 0 aromatic carbocycles. The van der Waals surface area contributed by atoms with Gasteiger partial charge in [-0.05, 0) is 18.8 Å². The van der Waals surface area contributed by atoms with Crippen molar-refractivity contribution in [3.63, 3.8) is 0 Å². The van der Waals surface area contributed by atoms with Gasteiger partial charge in [-0.2, -0.15) is 0 Å². The summed E-state index contributed by atoms with van der Waals surface area (Å²) in [6.45, 7) is 8.90. The van der Waals surface area contributed by atoms with Gasteiger partial charge in [-0.15, -0.1) is 0 Å². The molecule has 0 aliphatic carbocycles. The van der Waals surface area contributed by atoms with Crippen LogP contribution >= 0.6 is 0 Å². The first-order valence-corrected chi connectivity index (χ1v) is 7.74. The van der Waals surface area contributed by atoms with Crippen molar-refractivity contribution in [1.29, 1.82) is 0 Å². The predicted octanol–water partition coefficient (Wildman–Crippen LogP) is 0.480. The molecule has 0 heterocycles. The van der Waals surface area contributed by atoms with E-state index in [0.717, 1.165) is 6.42 Å². The van der Waals surface area contributed by atoms with E-state index in [0.29, 0.717) is 6.42 Å². The van der Waals surface area contributed by atoms with Gasteiger partial charge in [-0.1, -0.05) is 40.5 Å². The van der Waals surface area contributed by atoms with Crippen LogP contribution in [-0.2, 0) is 14.4 Å². The number of rotatable bonds is 9. The third-order valence-corrected chi connectivity index (χ3v) is 4.08. The zero-order valence-corrected chi connectivity index (χ0v) is 14.1. The summed E-state index contributed by atoms with van der Waals surface area (Å²) in [7, 11) is 0. The van der Waals surface area contributed by atoms with Crippen LogP contribution in [0.25, 0.3) is 0 Å². The molecule has 0 aliphatic rings. The minimum Gasteiger partial charge on any atom is -0.480 e. The minimum atomic E-state index is -1.13. The van der Waals surface area contributed by atoms with Crippen LogP contribution in [-0.4, -0.2) is 41.0 Å². The molecule has 0 saturated heterocycles. The number of hydrogen-bond donors (Lipinski definition) is 4. The standard InChI is InChI=1S/C15H29N3O4/c1-6-8(3)11(16)13(19)18-12(9(4)7-2)14(20)17-10(5)15(21)22/h8-12H,6-7,16H2,1-5H3,(H,17,20)(H,18,19)(H,21,22)/t8-,9-,10-,11-,12-/m0/s1. The number of carbonyl (C=O) groups excluding carboxylic acids is 2. The van der Waals surface area contributed by atoms with E-state index in [1.807, 2.05) is 27.7 Å². The maximum Gasteiger partial charge on any atom is 0.325 e. The van der Waals surface area contributed by atoms with Crippen LogP contribution in [0, 0.1) is 11.8 Å². The number of amides is 2. The van der Waals surface area contributed by atoms with Gasteiger partial charge in [0.2, 0.25) is 11.8 Å². The third kappa shape index (κ3) is 6.01. The molecular weight excluding hydrogens is 286 g/mol. The Morgan fingerprint density at radius 2 is 1.45 bits per heavy atom. The zero-order chi connectivity index (χ0) is 17.4. The van der Waals surface area contributed by atoms with Crippen molar-refractivity contribution in [2.24, 2.45) is 17.6 Å². The molecule has 2 amide bonds. The van der Waals surface area contributed by atoms with Crippen molar-refractivity contribution >= 4 is 17.8 Å². The maximum absolute atomic E-state index is 12.2. The monoisotopic (exact) mass is 315 g/mol. The highest BCUT2D eigenvalue weighted by atomic mass is 16.4. The van der Waals surface area contributed by atoms with Crippen LogP contribution in [0.4, 0.5) is 0 Å². The van der Waals surface area contributed by atoms with E-state index in [4.69, 9.17) is 10.8 Å². The highest BCUT2D eigenvalue weighted by molar-refractivity contribution is 5.91. The van der Waals surface area contributed by atoms with Gasteiger partial charge < -0.3 is 21.5 Å². The van der Waals surface area contributed by atoms with Crippen LogP contribution in [0.2, 0.25) is 0 Å². The first-order valence-electron chi connectivity index (χ1n) is 7.74. The van der Waals surface area contributed by atoms with Crippen LogP contribution in [0.1, 0.15) is 47.5 Å². The average Bonchev–Trinajstić information content (AvgIpc) is 2.49. The summed E-state index contributed by atoms with van der Waals surface area (Å²) < 4.78 is 0. The van der Waals surface area contributed by atoms with E-state index in [1.165, 1.54) is 6.92 Å². The van der Waals surface area contributed by atoms with Crippen LogP contribution in [0.5, 0.6) is 0 Å². The smallest absolute Gasteiger partial charge is 0.325 e. The molecule has 0 rings (SSSR count). The van der Waals surface area contributed by atoms with Crippen molar-refractivity contribution < 1.29 is 19.5 Å². The van der Waals surface area contributed by atoms with Gasteiger partial charge in [0.1, 0.15) is 12.1 Å². The molecule has 0 spiro atoms. The van der Waals surface area contributed by atoms with Gasteiger partial charge in [0.25, 0.3) is 0 Å². The molecule has 5 N–H and O–H groups in total. The molecule has 0 radical (unpaired) electrons. The molecule has 0 aliphatic heterocycles. The second kappa shape index (κ2) is 9.40. The van der Waals surface area contributed by atoms with Crippen molar-refractivity contribution in [2.75, 3.05) is 0 Å². The summed E-state index contributed by atoms with van der Waals surface area (Å²) in [5.41, 5.74) is 5.87. The molecule has 0 bridgehead atoms. The SMILES string of the molecule is CC[C@H](C)[C@H](N)C(=O)N[C@H](C(=O)N[C@@H](C)C(=O)O)[C@@H](C)CC. The summed E-state index contributed by atoms with van der Waals surface area (Å²) >= 11 is 0. The quantitative estimate of drug-likeness (QED) is 0.493. The molecule has 5 atom stereocenters. The topological polar surface area (TPSA) is 122 Å². The normalized spacial score (nSPS) is 17.7. The number of carbonyl (C=O) groups is 3. The van der Waals surface area contributed by atoms with Gasteiger partial charge in [-0.25, -0.2) is 0 Å². The minimum absolute atomic E-state index is 0.00131. The molecule has 22 heavy (non-hydrogen) atoms. The van der Waals surface area contributed by atoms with Crippen LogP contribution < -0.4 is 16.4 Å². The Balaban J connectivity index is 4.96. The largest absolute Gasteiger partial charge is 0.480 e. The maximum atomic E-state index is 12.2. The Morgan fingerprint density at radius 3 is 1.86 bits per heavy atom. The summed E-state index contributed by atoms with van der Waals surface area (Å²) in [6, 6.07) is -2.50. The molecule has 128 valence electrons. The van der Waals surface area contributed by atoms with Crippen LogP contribution in [0.15, 0.2) is 0 Å². The lowest BCUT2D eigenvalue weighted by Crippen LogP contribution is -2.57. The molecule has 0 aromatic rings. The van der Waals surface area contributed by atoms with E-state index in [-0.39, 0.29) is 11.8 Å². The first-order chi connectivity index (χ1) is 10.1. The van der Waals surface area contributed by atoms with Crippen molar-refractivity contribution in [2.45, 2.75) is 65.6 Å². The van der Waals surface area contributed by atoms with Gasteiger partial charge in [0, 0.05) is 0 Å². The lowest BCUT2D eigenvalue weighted by atomic mass is 9.95. The van der Waals surface area contributed by atoms with Crippen molar-refractivity contribution in [3.8, 4) is 0 Å². The highest BCUT2D eigenvalue weighted by Gasteiger charge is 2.30. The summed E-state index contributed by atoms with van der Waals surface area (Å²) in [5.74, 6) is -2.15. The summed E-state index contributed by atoms with van der Waals surface area (Å²) in [6.07, 6.45) is 1.42. The number of carboxylic acid groups (broad SMARTS) is 1. The van der Waals surface area contributed by atoms with E-state index in [1.54, 1.807) is 0 Å². The second-order valence-corrected chi connectivity index (χ2v) is 5.85. The molecule has 0 fully saturated rings. The Morgan fingerprint density at radius 1 is 0.955 bits per heavy atom. The lowest BCUT2D eigenvalue weighted by molar-refractivity contribution is -0.142. The Hall–Kier alpha value is -1.63. The molecule has 7 heteroatoms. The Kier molecular flexibility index (Phi) is 8.70. The molecule has 0 saturated carbocycles. The predicted molar refractivity (Wildman–Crippen MR) is 84.1 cm³/mol. The van der Waals surface area contributed by atoms with Gasteiger partial charge in [0.05, 0.1) is 6.04 Å². The molecule has 0 aromatic heterocycles. The number of nitrogens with two attached hydrogens (primary N) is 1. The number of aliphatic carboxylic acids is 1. The van der Waals surface area contributed by atoms with Crippen molar-refractivity contribution in [3.05, 3.63) is 0 Å². The van der Waals surface area contributed by atoms with E-state index in [9.17, 15) is 14.4 Å². The van der Waals surface area contributed by atoms with E-state index in [2.05, 4.69) is 10.6 Å². The Bertz CT molecular complexity index is 400. The van der Waals surface area contributed by atoms with E-state index < -0.39 is 35.9 Å². The number of carboxylic acids is 1. The lowest BCUT2D eigenvalue weighted by Gasteiger charge is -2.27. The molecule has 7 nitrogen and oxygen atoms in total. The fourth-order valence-corrected chi connectivity index (χ4v) is 1.83. The fraction of sp³-hybridized carbons (Fsp3) is 0.800. The number of nitrogens with one attached hydrogen (secondary N) is 2. The molecular formula is C15H29N3O4. The third-order valence-electron chi connectivity index (χ3n) is 4.08. The van der Waals surface area contributed by atoms with Gasteiger partial charge in [0.15, 0.2) is 0 Å². The first kappa shape index (κ1) is 20.4.